The van der Waals surface area contributed by atoms with Crippen LogP contribution in [0.4, 0.5) is 4.79 Å². The second-order valence-corrected chi connectivity index (χ2v) is 15.7. The first-order valence-corrected chi connectivity index (χ1v) is 13.2. The monoisotopic (exact) mass is 433 g/mol. The maximum atomic E-state index is 12.5. The Labute approximate surface area is 175 Å². The van der Waals surface area contributed by atoms with Gasteiger partial charge in [0.2, 0.25) is 0 Å². The molecule has 2 N–H and O–H groups in total. The summed E-state index contributed by atoms with van der Waals surface area (Å²) in [6.45, 7) is 19.9. The molecular weight excluding hydrogens is 394 g/mol. The van der Waals surface area contributed by atoms with Crippen molar-refractivity contribution in [3.05, 3.63) is 0 Å². The Morgan fingerprint density at radius 2 is 1.69 bits per heavy atom. The number of hydrogen-bond donors (Lipinski definition) is 2. The zero-order valence-electron chi connectivity index (χ0n) is 19.5. The first kappa shape index (κ1) is 24.6. The molecule has 170 valence electrons. The van der Waals surface area contributed by atoms with Gasteiger partial charge in [-0.3, -0.25) is 0 Å². The van der Waals surface area contributed by atoms with Gasteiger partial charge in [-0.25, -0.2) is 4.79 Å². The molecule has 2 aliphatic rings. The lowest BCUT2D eigenvalue weighted by Crippen LogP contribution is -2.54. The van der Waals surface area contributed by atoms with Crippen molar-refractivity contribution in [2.24, 2.45) is 0 Å². The average Bonchev–Trinajstić information content (AvgIpc) is 2.95. The summed E-state index contributed by atoms with van der Waals surface area (Å²) in [6.07, 6.45) is -3.48. The van der Waals surface area contributed by atoms with Gasteiger partial charge in [-0.1, -0.05) is 20.8 Å². The van der Waals surface area contributed by atoms with E-state index >= 15 is 0 Å². The molecule has 1 amide bonds. The third kappa shape index (κ3) is 6.14. The van der Waals surface area contributed by atoms with E-state index in [0.29, 0.717) is 0 Å². The number of aliphatic hydroxyl groups excluding tert-OH is 1. The fraction of sp³-hybridized carbons (Fsp3) is 0.950. The van der Waals surface area contributed by atoms with Crippen LogP contribution in [0.15, 0.2) is 0 Å². The van der Waals surface area contributed by atoms with E-state index in [4.69, 9.17) is 23.4 Å². The van der Waals surface area contributed by atoms with Crippen molar-refractivity contribution in [2.45, 2.75) is 116 Å². The molecule has 9 heteroatoms. The normalized spacial score (nSPS) is 30.7. The summed E-state index contributed by atoms with van der Waals surface area (Å²) in [5.74, 6) is -0.838. The number of carbonyl (C=O) groups is 1. The van der Waals surface area contributed by atoms with Crippen molar-refractivity contribution >= 4 is 14.4 Å². The predicted molar refractivity (Wildman–Crippen MR) is 111 cm³/mol. The summed E-state index contributed by atoms with van der Waals surface area (Å²) in [5.41, 5.74) is -0.636. The van der Waals surface area contributed by atoms with Crippen LogP contribution < -0.4 is 5.32 Å². The smallest absolute Gasteiger partial charge is 0.408 e. The Morgan fingerprint density at radius 1 is 1.14 bits per heavy atom. The van der Waals surface area contributed by atoms with E-state index in [1.54, 1.807) is 34.6 Å². The number of amides is 1. The molecule has 2 saturated heterocycles. The van der Waals surface area contributed by atoms with Crippen molar-refractivity contribution < 1.29 is 33.3 Å². The van der Waals surface area contributed by atoms with E-state index in [1.807, 2.05) is 0 Å². The number of fused-ring (bicyclic) bond motifs is 1. The third-order valence-electron chi connectivity index (χ3n) is 5.59. The maximum absolute atomic E-state index is 12.5. The summed E-state index contributed by atoms with van der Waals surface area (Å²) in [7, 11) is -2.08. The largest absolute Gasteiger partial charge is 0.444 e. The standard InChI is InChI=1S/C20H39NO7Si/c1-18(2,3)28-17(23)21-12(11-24-29(9,10)19(4,5)6)13-14-15(16(22)25-13)27-20(7,8)26-14/h12-16,22H,11H2,1-10H3,(H,21,23)/t12-,13-,14+,15+,16+/m1/s1. The third-order valence-corrected chi connectivity index (χ3v) is 10.1. The second kappa shape index (κ2) is 8.09. The highest BCUT2D eigenvalue weighted by Crippen LogP contribution is 2.40. The van der Waals surface area contributed by atoms with Crippen molar-refractivity contribution in [1.29, 1.82) is 0 Å². The van der Waals surface area contributed by atoms with E-state index < -0.39 is 56.4 Å². The summed E-state index contributed by atoms with van der Waals surface area (Å²) in [5, 5.41) is 13.2. The van der Waals surface area contributed by atoms with Crippen LogP contribution in [0.3, 0.4) is 0 Å². The molecule has 0 spiro atoms. The number of carbonyl (C=O) groups excluding carboxylic acids is 1. The predicted octanol–water partition coefficient (Wildman–Crippen LogP) is 3.14. The molecule has 0 radical (unpaired) electrons. The maximum Gasteiger partial charge on any atom is 0.408 e. The van der Waals surface area contributed by atoms with Gasteiger partial charge in [-0.2, -0.15) is 0 Å². The lowest BCUT2D eigenvalue weighted by atomic mass is 10.0. The summed E-state index contributed by atoms with van der Waals surface area (Å²) in [6, 6.07) is -0.568. The highest BCUT2D eigenvalue weighted by molar-refractivity contribution is 6.74. The molecule has 2 fully saturated rings. The summed E-state index contributed by atoms with van der Waals surface area (Å²) < 4.78 is 29.3. The Morgan fingerprint density at radius 3 is 2.21 bits per heavy atom. The molecule has 0 aromatic rings. The minimum Gasteiger partial charge on any atom is -0.444 e. The number of hydrogen-bond acceptors (Lipinski definition) is 7. The fourth-order valence-corrected chi connectivity index (χ4v) is 4.15. The van der Waals surface area contributed by atoms with Crippen LogP contribution in [0.5, 0.6) is 0 Å². The van der Waals surface area contributed by atoms with Gasteiger partial charge in [-0.05, 0) is 52.8 Å². The summed E-state index contributed by atoms with van der Waals surface area (Å²) in [4.78, 5) is 12.5. The highest BCUT2D eigenvalue weighted by Gasteiger charge is 2.57. The van der Waals surface area contributed by atoms with Crippen LogP contribution in [0, 0.1) is 0 Å². The van der Waals surface area contributed by atoms with Crippen LogP contribution in [0.1, 0.15) is 55.4 Å². The summed E-state index contributed by atoms with van der Waals surface area (Å²) >= 11 is 0. The molecule has 0 unspecified atom stereocenters. The minimum atomic E-state index is -2.08. The van der Waals surface area contributed by atoms with Gasteiger partial charge < -0.3 is 33.8 Å². The topological polar surface area (TPSA) is 95.5 Å². The first-order valence-electron chi connectivity index (χ1n) is 10.2. The molecule has 0 bridgehead atoms. The van der Waals surface area contributed by atoms with Crippen LogP contribution in [0.2, 0.25) is 18.1 Å². The molecule has 0 aromatic carbocycles. The Balaban J connectivity index is 2.19. The number of aliphatic hydroxyl groups is 1. The zero-order chi connectivity index (χ0) is 22.4. The van der Waals surface area contributed by atoms with Crippen molar-refractivity contribution in [3.8, 4) is 0 Å². The molecular formula is C20H39NO7Si. The van der Waals surface area contributed by atoms with Crippen LogP contribution in [0.25, 0.3) is 0 Å². The number of rotatable bonds is 5. The molecule has 29 heavy (non-hydrogen) atoms. The zero-order valence-corrected chi connectivity index (χ0v) is 20.5. The van der Waals surface area contributed by atoms with Crippen LogP contribution in [-0.4, -0.2) is 68.2 Å². The Kier molecular flexibility index (Phi) is 6.85. The van der Waals surface area contributed by atoms with E-state index in [1.165, 1.54) is 0 Å². The molecule has 0 saturated carbocycles. The van der Waals surface area contributed by atoms with E-state index in [2.05, 4.69) is 39.2 Å². The van der Waals surface area contributed by atoms with Crippen molar-refractivity contribution in [2.75, 3.05) is 6.61 Å². The van der Waals surface area contributed by atoms with Gasteiger partial charge in [-0.15, -0.1) is 0 Å². The van der Waals surface area contributed by atoms with Crippen molar-refractivity contribution in [1.82, 2.24) is 5.32 Å². The van der Waals surface area contributed by atoms with Gasteiger partial charge >= 0.3 is 6.09 Å². The molecule has 8 nitrogen and oxygen atoms in total. The van der Waals surface area contributed by atoms with Gasteiger partial charge in [0.25, 0.3) is 0 Å². The highest BCUT2D eigenvalue weighted by atomic mass is 28.4. The molecule has 2 rings (SSSR count). The molecule has 0 aliphatic carbocycles. The number of ether oxygens (including phenoxy) is 4. The quantitative estimate of drug-likeness (QED) is 0.643. The van der Waals surface area contributed by atoms with E-state index in [-0.39, 0.29) is 11.6 Å². The Hall–Kier alpha value is -0.713. The van der Waals surface area contributed by atoms with Crippen LogP contribution in [-0.2, 0) is 23.4 Å². The first-order chi connectivity index (χ1) is 12.9. The van der Waals surface area contributed by atoms with E-state index in [0.717, 1.165) is 0 Å². The van der Waals surface area contributed by atoms with Gasteiger partial charge in [0.1, 0.15) is 23.9 Å². The lowest BCUT2D eigenvalue weighted by Gasteiger charge is -2.38. The number of alkyl carbamates (subject to hydrolysis) is 1. The lowest BCUT2D eigenvalue weighted by molar-refractivity contribution is -0.223. The average molecular weight is 434 g/mol. The molecule has 0 aromatic heterocycles. The van der Waals surface area contributed by atoms with Gasteiger partial charge in [0.15, 0.2) is 20.4 Å². The molecule has 2 heterocycles. The Bertz CT molecular complexity index is 597. The van der Waals surface area contributed by atoms with Crippen molar-refractivity contribution in [3.63, 3.8) is 0 Å². The minimum absolute atomic E-state index is 0.0109. The van der Waals surface area contributed by atoms with E-state index in [9.17, 15) is 9.90 Å². The van der Waals surface area contributed by atoms with Gasteiger partial charge in [0, 0.05) is 0 Å². The van der Waals surface area contributed by atoms with Gasteiger partial charge in [0.05, 0.1) is 12.6 Å². The number of nitrogens with one attached hydrogen (secondary N) is 1. The molecule has 2 aliphatic heterocycles. The SMILES string of the molecule is CC(C)(C)OC(=O)N[C@H](CO[Si](C)(C)C(C)(C)C)[C@H]1O[C@H](O)[C@H]2OC(C)(C)O[C@@H]12. The molecule has 5 atom stereocenters. The van der Waals surface area contributed by atoms with Crippen LogP contribution >= 0.6 is 0 Å². The second-order valence-electron chi connectivity index (χ2n) is 10.9. The fourth-order valence-electron chi connectivity index (χ4n) is 3.12.